The first-order valence-corrected chi connectivity index (χ1v) is 7.48. The molecule has 0 aliphatic carbocycles. The van der Waals surface area contributed by atoms with Gasteiger partial charge in [0.05, 0.1) is 6.10 Å². The third-order valence-corrected chi connectivity index (χ3v) is 4.34. The second kappa shape index (κ2) is 5.93. The van der Waals surface area contributed by atoms with Gasteiger partial charge in [-0.25, -0.2) is 0 Å². The van der Waals surface area contributed by atoms with Crippen molar-refractivity contribution in [2.45, 2.75) is 32.3 Å². The fraction of sp³-hybridized carbons (Fsp3) is 0.562. The van der Waals surface area contributed by atoms with E-state index in [1.807, 2.05) is 25.1 Å². The molecule has 5 nitrogen and oxygen atoms in total. The van der Waals surface area contributed by atoms with Gasteiger partial charge in [-0.15, -0.1) is 0 Å². The largest absolute Gasteiger partial charge is 0.454 e. The van der Waals surface area contributed by atoms with E-state index in [-0.39, 0.29) is 18.6 Å². The van der Waals surface area contributed by atoms with Crippen LogP contribution in [0.3, 0.4) is 0 Å². The predicted molar refractivity (Wildman–Crippen MR) is 77.3 cm³/mol. The summed E-state index contributed by atoms with van der Waals surface area (Å²) < 4.78 is 10.6. The van der Waals surface area contributed by atoms with Crippen molar-refractivity contribution < 1.29 is 19.4 Å². The average molecular weight is 291 g/mol. The van der Waals surface area contributed by atoms with Crippen LogP contribution in [0.4, 0.5) is 0 Å². The van der Waals surface area contributed by atoms with Crippen molar-refractivity contribution >= 4 is 5.91 Å². The van der Waals surface area contributed by atoms with Gasteiger partial charge in [-0.3, -0.25) is 4.79 Å². The molecule has 1 aromatic rings. The van der Waals surface area contributed by atoms with E-state index < -0.39 is 6.10 Å². The summed E-state index contributed by atoms with van der Waals surface area (Å²) in [5, 5.41) is 9.86. The van der Waals surface area contributed by atoms with Gasteiger partial charge in [-0.2, -0.15) is 0 Å². The first-order chi connectivity index (χ1) is 10.1. The van der Waals surface area contributed by atoms with Gasteiger partial charge in [0, 0.05) is 19.5 Å². The number of carbonyl (C=O) groups is 1. The molecule has 2 heterocycles. The highest BCUT2D eigenvalue weighted by Gasteiger charge is 2.27. The summed E-state index contributed by atoms with van der Waals surface area (Å²) in [6, 6.07) is 5.78. The zero-order valence-corrected chi connectivity index (χ0v) is 12.2. The van der Waals surface area contributed by atoms with Crippen molar-refractivity contribution in [3.05, 3.63) is 23.8 Å². The number of benzene rings is 1. The van der Waals surface area contributed by atoms with Gasteiger partial charge in [0.2, 0.25) is 12.7 Å². The van der Waals surface area contributed by atoms with Gasteiger partial charge in [0.1, 0.15) is 0 Å². The van der Waals surface area contributed by atoms with Crippen LogP contribution in [0.25, 0.3) is 0 Å². The first-order valence-electron chi connectivity index (χ1n) is 7.48. The molecule has 2 unspecified atom stereocenters. The van der Waals surface area contributed by atoms with Crippen LogP contribution in [0.5, 0.6) is 11.5 Å². The molecule has 0 radical (unpaired) electrons. The van der Waals surface area contributed by atoms with Crippen molar-refractivity contribution in [3.8, 4) is 11.5 Å². The zero-order chi connectivity index (χ0) is 14.8. The molecule has 2 aliphatic rings. The van der Waals surface area contributed by atoms with Gasteiger partial charge < -0.3 is 19.5 Å². The third kappa shape index (κ3) is 3.13. The number of fused-ring (bicyclic) bond motifs is 1. The Kier molecular flexibility index (Phi) is 4.01. The molecule has 1 aromatic carbocycles. The van der Waals surface area contributed by atoms with Gasteiger partial charge in [-0.1, -0.05) is 13.0 Å². The van der Waals surface area contributed by atoms with Crippen molar-refractivity contribution in [2.24, 2.45) is 5.92 Å². The predicted octanol–water partition coefficient (Wildman–Crippen LogP) is 1.58. The minimum absolute atomic E-state index is 0.110. The number of carbonyl (C=O) groups excluding carboxylic acids is 1. The van der Waals surface area contributed by atoms with E-state index in [0.717, 1.165) is 30.0 Å². The Morgan fingerprint density at radius 1 is 1.38 bits per heavy atom. The molecule has 21 heavy (non-hydrogen) atoms. The molecule has 114 valence electrons. The lowest BCUT2D eigenvalue weighted by atomic mass is 9.95. The molecule has 0 spiro atoms. The monoisotopic (exact) mass is 291 g/mol. The number of hydrogen-bond acceptors (Lipinski definition) is 4. The normalized spacial score (nSPS) is 24.2. The lowest BCUT2D eigenvalue weighted by molar-refractivity contribution is -0.135. The molecule has 0 bridgehead atoms. The van der Waals surface area contributed by atoms with Crippen molar-refractivity contribution in [2.75, 3.05) is 19.9 Å². The Labute approximate surface area is 124 Å². The molecule has 2 atom stereocenters. The number of likely N-dealkylation sites (tertiary alicyclic amines) is 1. The number of nitrogens with zero attached hydrogens (tertiary/aromatic N) is 1. The molecule has 1 saturated heterocycles. The van der Waals surface area contributed by atoms with Gasteiger partial charge in [0.15, 0.2) is 11.5 Å². The number of aliphatic hydroxyl groups excluding tert-OH is 1. The summed E-state index contributed by atoms with van der Waals surface area (Å²) in [7, 11) is 0. The van der Waals surface area contributed by atoms with Crippen LogP contribution in [0.1, 0.15) is 25.3 Å². The lowest BCUT2D eigenvalue weighted by Gasteiger charge is -2.34. The summed E-state index contributed by atoms with van der Waals surface area (Å²) in [5.74, 6) is 1.90. The Bertz CT molecular complexity index is 531. The second-order valence-corrected chi connectivity index (χ2v) is 5.86. The summed E-state index contributed by atoms with van der Waals surface area (Å²) in [6.45, 7) is 3.50. The number of ether oxygens (including phenoxy) is 2. The molecule has 1 amide bonds. The zero-order valence-electron chi connectivity index (χ0n) is 12.2. The fourth-order valence-corrected chi connectivity index (χ4v) is 2.78. The Morgan fingerprint density at radius 3 is 3.00 bits per heavy atom. The Hall–Kier alpha value is -1.75. The van der Waals surface area contributed by atoms with E-state index in [2.05, 4.69) is 0 Å². The lowest BCUT2D eigenvalue weighted by Crippen LogP contribution is -2.45. The second-order valence-electron chi connectivity index (χ2n) is 5.86. The van der Waals surface area contributed by atoms with Crippen molar-refractivity contribution in [3.63, 3.8) is 0 Å². The van der Waals surface area contributed by atoms with Crippen LogP contribution in [0, 0.1) is 5.92 Å². The molecule has 0 saturated carbocycles. The first kappa shape index (κ1) is 14.2. The van der Waals surface area contributed by atoms with E-state index in [4.69, 9.17) is 9.47 Å². The maximum atomic E-state index is 12.2. The summed E-state index contributed by atoms with van der Waals surface area (Å²) in [5.41, 5.74) is 1.07. The van der Waals surface area contributed by atoms with Crippen LogP contribution < -0.4 is 9.47 Å². The Morgan fingerprint density at radius 2 is 2.19 bits per heavy atom. The van der Waals surface area contributed by atoms with E-state index >= 15 is 0 Å². The van der Waals surface area contributed by atoms with Crippen LogP contribution in [0.2, 0.25) is 0 Å². The molecular formula is C16H21NO4. The number of rotatable bonds is 3. The number of amides is 1. The number of hydrogen-bond donors (Lipinski definition) is 1. The average Bonchev–Trinajstić information content (AvgIpc) is 2.95. The smallest absolute Gasteiger partial charge is 0.231 e. The van der Waals surface area contributed by atoms with Crippen LogP contribution in [-0.2, 0) is 11.2 Å². The number of piperidine rings is 1. The topological polar surface area (TPSA) is 59.0 Å². The van der Waals surface area contributed by atoms with Crippen LogP contribution in [-0.4, -0.2) is 41.9 Å². The van der Waals surface area contributed by atoms with Crippen molar-refractivity contribution in [1.29, 1.82) is 0 Å². The van der Waals surface area contributed by atoms with Crippen LogP contribution in [0.15, 0.2) is 18.2 Å². The molecule has 3 rings (SSSR count). The maximum Gasteiger partial charge on any atom is 0.231 e. The van der Waals surface area contributed by atoms with E-state index in [0.29, 0.717) is 19.4 Å². The van der Waals surface area contributed by atoms with Gasteiger partial charge >= 0.3 is 0 Å². The van der Waals surface area contributed by atoms with Gasteiger partial charge in [-0.05, 0) is 36.5 Å². The molecular weight excluding hydrogens is 270 g/mol. The summed E-state index contributed by atoms with van der Waals surface area (Å²) >= 11 is 0. The molecule has 2 aliphatic heterocycles. The Balaban J connectivity index is 1.54. The maximum absolute atomic E-state index is 12.2. The van der Waals surface area contributed by atoms with Gasteiger partial charge in [0.25, 0.3) is 0 Å². The highest BCUT2D eigenvalue weighted by molar-refractivity contribution is 5.76. The standard InChI is InChI=1S/C16H21NO4/c1-11-6-7-17(9-13(11)18)16(19)5-3-12-2-4-14-15(8-12)21-10-20-14/h2,4,8,11,13,18H,3,5-7,9-10H2,1H3. The van der Waals surface area contributed by atoms with E-state index in [1.54, 1.807) is 4.90 Å². The van der Waals surface area contributed by atoms with E-state index in [9.17, 15) is 9.90 Å². The number of β-amino-alcohol motifs (C(OH)–C–C–N with tert-alkyl or cyclic N) is 1. The number of aliphatic hydroxyl groups is 1. The third-order valence-electron chi connectivity index (χ3n) is 4.34. The highest BCUT2D eigenvalue weighted by Crippen LogP contribution is 2.32. The molecule has 1 fully saturated rings. The molecule has 0 aromatic heterocycles. The summed E-state index contributed by atoms with van der Waals surface area (Å²) in [6.07, 6.45) is 1.61. The summed E-state index contributed by atoms with van der Waals surface area (Å²) in [4.78, 5) is 14.0. The van der Waals surface area contributed by atoms with E-state index in [1.165, 1.54) is 0 Å². The minimum Gasteiger partial charge on any atom is -0.454 e. The minimum atomic E-state index is -0.395. The van der Waals surface area contributed by atoms with Crippen molar-refractivity contribution in [1.82, 2.24) is 4.90 Å². The number of aryl methyl sites for hydroxylation is 1. The fourth-order valence-electron chi connectivity index (χ4n) is 2.78. The molecule has 5 heteroatoms. The van der Waals surface area contributed by atoms with Crippen LogP contribution >= 0.6 is 0 Å². The quantitative estimate of drug-likeness (QED) is 0.918. The molecule has 1 N–H and O–H groups in total. The highest BCUT2D eigenvalue weighted by atomic mass is 16.7. The SMILES string of the molecule is CC1CCN(C(=O)CCc2ccc3c(c2)OCO3)CC1O.